The van der Waals surface area contributed by atoms with Crippen molar-refractivity contribution in [2.45, 2.75) is 82.1 Å². The van der Waals surface area contributed by atoms with Crippen LogP contribution in [-0.2, 0) is 4.74 Å². The van der Waals surface area contributed by atoms with Crippen molar-refractivity contribution >= 4 is 0 Å². The third-order valence-electron chi connectivity index (χ3n) is 4.06. The molecule has 1 aliphatic heterocycles. The van der Waals surface area contributed by atoms with Gasteiger partial charge in [0.25, 0.3) is 0 Å². The number of aliphatic hydroxyl groups excluding tert-OH is 4. The van der Waals surface area contributed by atoms with E-state index in [0.717, 1.165) is 25.7 Å². The summed E-state index contributed by atoms with van der Waals surface area (Å²) in [7, 11) is 0. The van der Waals surface area contributed by atoms with Crippen LogP contribution in [0.3, 0.4) is 0 Å². The highest BCUT2D eigenvalue weighted by molar-refractivity contribution is 4.99. The number of unbranched alkanes of at least 4 members (excludes halogenated alkanes) is 5. The molecule has 0 unspecified atom stereocenters. The van der Waals surface area contributed by atoms with Gasteiger partial charge in [0.1, 0.15) is 23.9 Å². The smallest absolute Gasteiger partial charge is 0.186 e. The average Bonchev–Trinajstić information content (AvgIpc) is 2.44. The highest BCUT2D eigenvalue weighted by Crippen LogP contribution is 2.33. The van der Waals surface area contributed by atoms with Crippen molar-refractivity contribution in [1.82, 2.24) is 0 Å². The molecule has 0 saturated carbocycles. The molecule has 0 radical (unpaired) electrons. The third-order valence-corrected chi connectivity index (χ3v) is 4.06. The summed E-state index contributed by atoms with van der Waals surface area (Å²) >= 11 is 0. The lowest BCUT2D eigenvalue weighted by atomic mass is 9.82. The third kappa shape index (κ3) is 4.13. The van der Waals surface area contributed by atoms with Crippen molar-refractivity contribution in [1.29, 1.82) is 0 Å². The highest BCUT2D eigenvalue weighted by Gasteiger charge is 2.53. The molecule has 1 saturated heterocycles. The van der Waals surface area contributed by atoms with E-state index >= 15 is 0 Å². The molecule has 6 heteroatoms. The maximum absolute atomic E-state index is 10.3. The summed E-state index contributed by atoms with van der Waals surface area (Å²) in [6.07, 6.45) is 0.557. The first-order chi connectivity index (χ1) is 9.47. The van der Waals surface area contributed by atoms with E-state index in [4.69, 9.17) is 9.84 Å². The number of aliphatic hydroxyl groups is 5. The van der Waals surface area contributed by atoms with Crippen LogP contribution in [0.4, 0.5) is 0 Å². The fourth-order valence-corrected chi connectivity index (χ4v) is 2.62. The normalized spacial score (nSPS) is 38.1. The van der Waals surface area contributed by atoms with Gasteiger partial charge in [-0.05, 0) is 6.42 Å². The molecule has 1 fully saturated rings. The monoisotopic (exact) mass is 292 g/mol. The molecule has 1 heterocycles. The zero-order valence-corrected chi connectivity index (χ0v) is 12.1. The van der Waals surface area contributed by atoms with Gasteiger partial charge in [0.05, 0.1) is 6.61 Å². The first kappa shape index (κ1) is 17.8. The average molecular weight is 292 g/mol. The van der Waals surface area contributed by atoms with E-state index in [1.54, 1.807) is 0 Å². The molecule has 1 rings (SSSR count). The maximum atomic E-state index is 10.3. The molecule has 0 aliphatic carbocycles. The second-order valence-corrected chi connectivity index (χ2v) is 5.65. The lowest BCUT2D eigenvalue weighted by Gasteiger charge is -2.46. The summed E-state index contributed by atoms with van der Waals surface area (Å²) in [5.41, 5.74) is -1.88. The molecule has 5 atom stereocenters. The largest absolute Gasteiger partial charge is 0.394 e. The van der Waals surface area contributed by atoms with Crippen LogP contribution in [0.25, 0.3) is 0 Å². The van der Waals surface area contributed by atoms with Crippen molar-refractivity contribution in [3.63, 3.8) is 0 Å². The molecule has 120 valence electrons. The molecular formula is C14H28O6. The number of hydrogen-bond acceptors (Lipinski definition) is 6. The second kappa shape index (κ2) is 8.26. The van der Waals surface area contributed by atoms with Crippen LogP contribution in [-0.4, -0.2) is 62.3 Å². The molecule has 0 aromatic heterocycles. The summed E-state index contributed by atoms with van der Waals surface area (Å²) in [4.78, 5) is 0. The molecule has 0 amide bonds. The number of ether oxygens (including phenoxy) is 1. The van der Waals surface area contributed by atoms with Crippen LogP contribution in [0.2, 0.25) is 0 Å². The summed E-state index contributed by atoms with van der Waals surface area (Å²) in [6, 6.07) is 0. The van der Waals surface area contributed by atoms with Gasteiger partial charge in [0.2, 0.25) is 0 Å². The Morgan fingerprint density at radius 3 is 2.20 bits per heavy atom. The Hall–Kier alpha value is -0.240. The number of hydrogen-bond donors (Lipinski definition) is 5. The first-order valence-electron chi connectivity index (χ1n) is 7.50. The molecule has 6 nitrogen and oxygen atoms in total. The van der Waals surface area contributed by atoms with Crippen molar-refractivity contribution in [2.24, 2.45) is 0 Å². The van der Waals surface area contributed by atoms with Gasteiger partial charge in [-0.3, -0.25) is 0 Å². The summed E-state index contributed by atoms with van der Waals surface area (Å²) in [5, 5.41) is 48.8. The molecule has 1 aliphatic rings. The Kier molecular flexibility index (Phi) is 7.36. The van der Waals surface area contributed by atoms with E-state index in [9.17, 15) is 20.4 Å². The molecule has 0 aromatic carbocycles. The van der Waals surface area contributed by atoms with Crippen LogP contribution < -0.4 is 0 Å². The maximum Gasteiger partial charge on any atom is 0.186 e. The minimum Gasteiger partial charge on any atom is -0.394 e. The highest BCUT2D eigenvalue weighted by atomic mass is 16.6. The van der Waals surface area contributed by atoms with Crippen LogP contribution in [0, 0.1) is 0 Å². The quantitative estimate of drug-likeness (QED) is 0.400. The van der Waals surface area contributed by atoms with Crippen molar-refractivity contribution in [3.05, 3.63) is 0 Å². The van der Waals surface area contributed by atoms with E-state index in [0.29, 0.717) is 6.42 Å². The minimum atomic E-state index is -1.88. The van der Waals surface area contributed by atoms with Crippen LogP contribution >= 0.6 is 0 Å². The van der Waals surface area contributed by atoms with E-state index in [1.165, 1.54) is 6.42 Å². The lowest BCUT2D eigenvalue weighted by molar-refractivity contribution is -0.331. The van der Waals surface area contributed by atoms with Gasteiger partial charge in [0, 0.05) is 0 Å². The Bertz CT molecular complexity index is 274. The van der Waals surface area contributed by atoms with E-state index in [1.807, 2.05) is 0 Å². The molecule has 20 heavy (non-hydrogen) atoms. The topological polar surface area (TPSA) is 110 Å². The van der Waals surface area contributed by atoms with Crippen molar-refractivity contribution in [2.75, 3.05) is 6.61 Å². The van der Waals surface area contributed by atoms with Crippen molar-refractivity contribution < 1.29 is 30.3 Å². The predicted molar refractivity (Wildman–Crippen MR) is 72.9 cm³/mol. The Morgan fingerprint density at radius 2 is 1.60 bits per heavy atom. The van der Waals surface area contributed by atoms with Gasteiger partial charge in [-0.2, -0.15) is 0 Å². The standard InChI is InChI=1S/C14H28O6/c1-2-3-4-5-6-7-8-14(19)12(17)11(16)10(9-15)20-13(14)18/h10-13,15-19H,2-9H2,1H3/t10-,11-,12+,13+,14-/m1/s1. The van der Waals surface area contributed by atoms with Gasteiger partial charge < -0.3 is 30.3 Å². The predicted octanol–water partition coefficient (Wildman–Crippen LogP) is -0.101. The molecule has 0 spiro atoms. The molecule has 0 aromatic rings. The van der Waals surface area contributed by atoms with Gasteiger partial charge in [-0.25, -0.2) is 0 Å². The van der Waals surface area contributed by atoms with Gasteiger partial charge in [0.15, 0.2) is 6.29 Å². The van der Waals surface area contributed by atoms with Crippen molar-refractivity contribution in [3.8, 4) is 0 Å². The Balaban J connectivity index is 2.45. The van der Waals surface area contributed by atoms with Gasteiger partial charge >= 0.3 is 0 Å². The SMILES string of the molecule is CCCCCCCC[C@]1(O)[C@@H](O)O[C@H](CO)[C@@H](O)[C@@H]1O. The Labute approximate surface area is 120 Å². The number of rotatable bonds is 8. The first-order valence-corrected chi connectivity index (χ1v) is 7.50. The summed E-state index contributed by atoms with van der Waals surface area (Å²) < 4.78 is 4.97. The van der Waals surface area contributed by atoms with Crippen LogP contribution in [0.5, 0.6) is 0 Å². The van der Waals surface area contributed by atoms with Gasteiger partial charge in [-0.1, -0.05) is 45.4 Å². The van der Waals surface area contributed by atoms with E-state index in [2.05, 4.69) is 6.92 Å². The lowest BCUT2D eigenvalue weighted by Crippen LogP contribution is -2.66. The zero-order chi connectivity index (χ0) is 15.2. The second-order valence-electron chi connectivity index (χ2n) is 5.65. The Morgan fingerprint density at radius 1 is 1.00 bits per heavy atom. The molecule has 0 bridgehead atoms. The van der Waals surface area contributed by atoms with Crippen LogP contribution in [0.1, 0.15) is 51.9 Å². The molecule has 5 N–H and O–H groups in total. The van der Waals surface area contributed by atoms with E-state index < -0.39 is 36.8 Å². The fraction of sp³-hybridized carbons (Fsp3) is 1.00. The zero-order valence-electron chi connectivity index (χ0n) is 12.1. The van der Waals surface area contributed by atoms with E-state index in [-0.39, 0.29) is 6.42 Å². The van der Waals surface area contributed by atoms with Gasteiger partial charge in [-0.15, -0.1) is 0 Å². The summed E-state index contributed by atoms with van der Waals surface area (Å²) in [6.45, 7) is 1.61. The minimum absolute atomic E-state index is 0.149. The molecular weight excluding hydrogens is 264 g/mol. The van der Waals surface area contributed by atoms with Crippen LogP contribution in [0.15, 0.2) is 0 Å². The fourth-order valence-electron chi connectivity index (χ4n) is 2.62. The summed E-state index contributed by atoms with van der Waals surface area (Å²) in [5.74, 6) is 0.